The maximum atomic E-state index is 12.5. The van der Waals surface area contributed by atoms with E-state index >= 15 is 0 Å². The SMILES string of the molecule is CC(C)n1cc(Cl)c2cc(-c3nc(-c4cccc5c4CCN(C(=O)OC(C)(C)C)C5)no3)ccc21. The van der Waals surface area contributed by atoms with Gasteiger partial charge in [0.2, 0.25) is 5.82 Å². The molecule has 0 aliphatic carbocycles. The molecule has 35 heavy (non-hydrogen) atoms. The molecule has 4 aromatic rings. The molecular formula is C27H29ClN4O3. The summed E-state index contributed by atoms with van der Waals surface area (Å²) in [5.41, 5.74) is 4.48. The number of halogens is 1. The van der Waals surface area contributed by atoms with Crippen molar-refractivity contribution >= 4 is 28.6 Å². The summed E-state index contributed by atoms with van der Waals surface area (Å²) in [7, 11) is 0. The number of hydrogen-bond acceptors (Lipinski definition) is 5. The molecule has 0 N–H and O–H groups in total. The predicted octanol–water partition coefficient (Wildman–Crippen LogP) is 6.89. The van der Waals surface area contributed by atoms with Crippen molar-refractivity contribution in [2.24, 2.45) is 0 Å². The normalized spacial score (nSPS) is 14.0. The Morgan fingerprint density at radius 3 is 2.74 bits per heavy atom. The first kappa shape index (κ1) is 23.4. The molecule has 0 atom stereocenters. The number of ether oxygens (including phenoxy) is 1. The Morgan fingerprint density at radius 1 is 1.20 bits per heavy atom. The molecule has 0 saturated carbocycles. The Hall–Kier alpha value is -3.32. The summed E-state index contributed by atoms with van der Waals surface area (Å²) in [6, 6.07) is 12.3. The molecule has 0 saturated heterocycles. The fourth-order valence-electron chi connectivity index (χ4n) is 4.53. The van der Waals surface area contributed by atoms with Crippen LogP contribution >= 0.6 is 11.6 Å². The molecule has 0 unspecified atom stereocenters. The van der Waals surface area contributed by atoms with Crippen molar-refractivity contribution in [3.63, 3.8) is 0 Å². The Bertz CT molecular complexity index is 1410. The lowest BCUT2D eigenvalue weighted by atomic mass is 9.94. The molecule has 8 heteroatoms. The molecule has 0 bridgehead atoms. The molecule has 5 rings (SSSR count). The molecule has 3 heterocycles. The standard InChI is InChI=1S/C27H29ClN4O3/c1-16(2)32-15-22(28)21-13-17(9-10-23(21)32)25-29-24(30-35-25)20-8-6-7-18-14-31(12-11-19(18)20)26(33)34-27(3,4)5/h6-10,13,15-16H,11-12,14H2,1-5H3. The van der Waals surface area contributed by atoms with Gasteiger partial charge in [-0.1, -0.05) is 35.0 Å². The highest BCUT2D eigenvalue weighted by molar-refractivity contribution is 6.35. The van der Waals surface area contributed by atoms with Gasteiger partial charge in [-0.3, -0.25) is 0 Å². The lowest BCUT2D eigenvalue weighted by Gasteiger charge is -2.31. The lowest BCUT2D eigenvalue weighted by Crippen LogP contribution is -2.40. The molecule has 1 aliphatic rings. The van der Waals surface area contributed by atoms with E-state index in [9.17, 15) is 4.79 Å². The van der Waals surface area contributed by atoms with E-state index in [1.807, 2.05) is 63.4 Å². The highest BCUT2D eigenvalue weighted by Crippen LogP contribution is 2.34. The zero-order valence-corrected chi connectivity index (χ0v) is 21.4. The van der Waals surface area contributed by atoms with Crippen LogP contribution in [0.5, 0.6) is 0 Å². The van der Waals surface area contributed by atoms with Gasteiger partial charge in [0.05, 0.1) is 5.02 Å². The number of benzene rings is 2. The lowest BCUT2D eigenvalue weighted by molar-refractivity contribution is 0.0224. The first-order valence-corrected chi connectivity index (χ1v) is 12.2. The molecule has 1 amide bonds. The van der Waals surface area contributed by atoms with Crippen molar-refractivity contribution in [3.05, 3.63) is 58.7 Å². The van der Waals surface area contributed by atoms with Gasteiger partial charge >= 0.3 is 6.09 Å². The van der Waals surface area contributed by atoms with E-state index in [-0.39, 0.29) is 6.09 Å². The van der Waals surface area contributed by atoms with Crippen LogP contribution in [0.25, 0.3) is 33.7 Å². The van der Waals surface area contributed by atoms with Crippen LogP contribution in [0.4, 0.5) is 4.79 Å². The summed E-state index contributed by atoms with van der Waals surface area (Å²) in [4.78, 5) is 19.0. The Balaban J connectivity index is 1.43. The predicted molar refractivity (Wildman–Crippen MR) is 136 cm³/mol. The van der Waals surface area contributed by atoms with Crippen LogP contribution in [-0.2, 0) is 17.7 Å². The van der Waals surface area contributed by atoms with Crippen molar-refractivity contribution in [2.75, 3.05) is 6.54 Å². The zero-order chi connectivity index (χ0) is 24.9. The van der Waals surface area contributed by atoms with Crippen molar-refractivity contribution in [1.82, 2.24) is 19.6 Å². The largest absolute Gasteiger partial charge is 0.444 e. The third-order valence-electron chi connectivity index (χ3n) is 6.17. The molecule has 0 fully saturated rings. The third kappa shape index (κ3) is 4.52. The summed E-state index contributed by atoms with van der Waals surface area (Å²) in [6.45, 7) is 10.9. The van der Waals surface area contributed by atoms with Gasteiger partial charge < -0.3 is 18.7 Å². The second kappa shape index (κ2) is 8.72. The summed E-state index contributed by atoms with van der Waals surface area (Å²) >= 11 is 6.51. The van der Waals surface area contributed by atoms with Gasteiger partial charge in [0.25, 0.3) is 5.89 Å². The van der Waals surface area contributed by atoms with Gasteiger partial charge in [0.15, 0.2) is 0 Å². The van der Waals surface area contributed by atoms with Gasteiger partial charge in [-0.2, -0.15) is 4.98 Å². The molecule has 2 aromatic carbocycles. The quantitative estimate of drug-likeness (QED) is 0.311. The third-order valence-corrected chi connectivity index (χ3v) is 6.47. The number of amides is 1. The number of nitrogens with zero attached hydrogens (tertiary/aromatic N) is 4. The van der Waals surface area contributed by atoms with Crippen molar-refractivity contribution < 1.29 is 14.1 Å². The number of aromatic nitrogens is 3. The molecule has 7 nitrogen and oxygen atoms in total. The van der Waals surface area contributed by atoms with Crippen LogP contribution in [-0.4, -0.2) is 37.8 Å². The topological polar surface area (TPSA) is 73.4 Å². The number of carbonyl (C=O) groups is 1. The summed E-state index contributed by atoms with van der Waals surface area (Å²) in [6.07, 6.45) is 2.35. The number of fused-ring (bicyclic) bond motifs is 2. The Morgan fingerprint density at radius 2 is 2.00 bits per heavy atom. The minimum Gasteiger partial charge on any atom is -0.444 e. The van der Waals surface area contributed by atoms with E-state index in [0.29, 0.717) is 42.3 Å². The number of rotatable bonds is 3. The average molecular weight is 493 g/mol. The van der Waals surface area contributed by atoms with Gasteiger partial charge in [-0.25, -0.2) is 4.79 Å². The maximum Gasteiger partial charge on any atom is 0.410 e. The van der Waals surface area contributed by atoms with E-state index in [4.69, 9.17) is 25.8 Å². The van der Waals surface area contributed by atoms with E-state index in [1.54, 1.807) is 4.90 Å². The second-order valence-electron chi connectivity index (χ2n) is 10.2. The van der Waals surface area contributed by atoms with Gasteiger partial charge in [0, 0.05) is 47.4 Å². The van der Waals surface area contributed by atoms with Crippen LogP contribution in [0, 0.1) is 0 Å². The molecule has 182 valence electrons. The van der Waals surface area contributed by atoms with Crippen molar-refractivity contribution in [1.29, 1.82) is 0 Å². The smallest absolute Gasteiger partial charge is 0.410 e. The van der Waals surface area contributed by atoms with Gasteiger partial charge in [-0.15, -0.1) is 0 Å². The maximum absolute atomic E-state index is 12.5. The average Bonchev–Trinajstić information content (AvgIpc) is 3.42. The Labute approximate surface area is 209 Å². The second-order valence-corrected chi connectivity index (χ2v) is 10.6. The van der Waals surface area contributed by atoms with Crippen LogP contribution in [0.2, 0.25) is 5.02 Å². The monoisotopic (exact) mass is 492 g/mol. The fourth-order valence-corrected chi connectivity index (χ4v) is 4.78. The number of hydrogen-bond donors (Lipinski definition) is 0. The van der Waals surface area contributed by atoms with Crippen molar-refractivity contribution in [2.45, 2.75) is 59.2 Å². The highest BCUT2D eigenvalue weighted by atomic mass is 35.5. The first-order chi connectivity index (χ1) is 16.6. The van der Waals surface area contributed by atoms with E-state index < -0.39 is 5.60 Å². The summed E-state index contributed by atoms with van der Waals surface area (Å²) in [5.74, 6) is 0.979. The Kier molecular flexibility index (Phi) is 5.83. The van der Waals surface area contributed by atoms with E-state index in [0.717, 1.165) is 33.2 Å². The van der Waals surface area contributed by atoms with Crippen LogP contribution < -0.4 is 0 Å². The van der Waals surface area contributed by atoms with E-state index in [2.05, 4.69) is 23.6 Å². The summed E-state index contributed by atoms with van der Waals surface area (Å²) < 4.78 is 13.4. The minimum atomic E-state index is -0.523. The summed E-state index contributed by atoms with van der Waals surface area (Å²) in [5, 5.41) is 5.93. The molecule has 1 aliphatic heterocycles. The zero-order valence-electron chi connectivity index (χ0n) is 20.6. The molecule has 2 aromatic heterocycles. The number of carbonyl (C=O) groups excluding carboxylic acids is 1. The molecule has 0 radical (unpaired) electrons. The van der Waals surface area contributed by atoms with Crippen LogP contribution in [0.3, 0.4) is 0 Å². The van der Waals surface area contributed by atoms with Gasteiger partial charge in [-0.05, 0) is 70.4 Å². The van der Waals surface area contributed by atoms with Gasteiger partial charge in [0.1, 0.15) is 5.60 Å². The fraction of sp³-hybridized carbons (Fsp3) is 0.370. The first-order valence-electron chi connectivity index (χ1n) is 11.8. The highest BCUT2D eigenvalue weighted by Gasteiger charge is 2.28. The van der Waals surface area contributed by atoms with Crippen molar-refractivity contribution in [3.8, 4) is 22.8 Å². The molecular weight excluding hydrogens is 464 g/mol. The minimum absolute atomic E-state index is 0.296. The van der Waals surface area contributed by atoms with Crippen LogP contribution in [0.15, 0.2) is 47.1 Å². The van der Waals surface area contributed by atoms with E-state index in [1.165, 1.54) is 0 Å². The molecule has 0 spiro atoms. The van der Waals surface area contributed by atoms with Crippen LogP contribution in [0.1, 0.15) is 51.8 Å².